The molecule has 3 atom stereocenters. The summed E-state index contributed by atoms with van der Waals surface area (Å²) in [7, 11) is 4.11. The molecule has 0 unspecified atom stereocenters. The molecule has 0 aliphatic heterocycles. The van der Waals surface area contributed by atoms with Crippen molar-refractivity contribution in [1.82, 2.24) is 10.2 Å². The number of benzene rings is 1. The first-order valence-electron chi connectivity index (χ1n) is 7.37. The zero-order chi connectivity index (χ0) is 15.4. The van der Waals surface area contributed by atoms with E-state index in [1.54, 1.807) is 19.1 Å². The first-order chi connectivity index (χ1) is 9.99. The minimum atomic E-state index is -0.562. The third-order valence-corrected chi connectivity index (χ3v) is 4.29. The Bertz CT molecular complexity index is 493. The molecule has 1 saturated carbocycles. The Hall–Kier alpha value is -1.26. The van der Waals surface area contributed by atoms with E-state index in [0.29, 0.717) is 16.8 Å². The van der Waals surface area contributed by atoms with Crippen LogP contribution in [0, 0.1) is 0 Å². The fourth-order valence-electron chi connectivity index (χ4n) is 2.81. The number of halogens is 1. The molecule has 0 saturated heterocycles. The lowest BCUT2D eigenvalue weighted by molar-refractivity contribution is -0.128. The molecule has 0 aromatic heterocycles. The topological polar surface area (TPSA) is 41.6 Å². The van der Waals surface area contributed by atoms with Crippen LogP contribution in [0.4, 0.5) is 0 Å². The van der Waals surface area contributed by atoms with Crippen molar-refractivity contribution in [1.29, 1.82) is 0 Å². The Kier molecular flexibility index (Phi) is 5.48. The average Bonchev–Trinajstić information content (AvgIpc) is 2.89. The zero-order valence-electron chi connectivity index (χ0n) is 12.8. The molecule has 0 spiro atoms. The van der Waals surface area contributed by atoms with E-state index in [2.05, 4.69) is 24.3 Å². The van der Waals surface area contributed by atoms with Crippen molar-refractivity contribution >= 4 is 17.5 Å². The van der Waals surface area contributed by atoms with Gasteiger partial charge in [-0.25, -0.2) is 0 Å². The zero-order valence-corrected chi connectivity index (χ0v) is 13.6. The van der Waals surface area contributed by atoms with Crippen molar-refractivity contribution in [2.24, 2.45) is 0 Å². The summed E-state index contributed by atoms with van der Waals surface area (Å²) in [6.07, 6.45) is 2.73. The molecule has 116 valence electrons. The van der Waals surface area contributed by atoms with E-state index in [0.717, 1.165) is 19.3 Å². The third kappa shape index (κ3) is 4.11. The number of nitrogens with zero attached hydrogens (tertiary/aromatic N) is 1. The standard InChI is InChI=1S/C16H23ClN2O2/c1-11(21-15-10-5-4-7-12(15)17)16(20)18-13-8-6-9-14(13)19(2)3/h4-5,7,10-11,13-14H,6,8-9H2,1-3H3,(H,18,20)/t11-,13+,14+/m0/s1. The summed E-state index contributed by atoms with van der Waals surface area (Å²) >= 11 is 6.04. The van der Waals surface area contributed by atoms with Gasteiger partial charge in [-0.2, -0.15) is 0 Å². The molecule has 0 radical (unpaired) electrons. The lowest BCUT2D eigenvalue weighted by Gasteiger charge is -2.28. The van der Waals surface area contributed by atoms with E-state index in [1.807, 2.05) is 12.1 Å². The van der Waals surface area contributed by atoms with Gasteiger partial charge in [0.15, 0.2) is 6.10 Å². The molecule has 21 heavy (non-hydrogen) atoms. The first-order valence-corrected chi connectivity index (χ1v) is 7.75. The molecule has 1 fully saturated rings. The maximum absolute atomic E-state index is 12.3. The number of rotatable bonds is 5. The molecule has 5 heteroatoms. The number of likely N-dealkylation sites (N-methyl/N-ethyl adjacent to an activating group) is 1. The van der Waals surface area contributed by atoms with Crippen molar-refractivity contribution in [3.05, 3.63) is 29.3 Å². The van der Waals surface area contributed by atoms with Gasteiger partial charge in [-0.1, -0.05) is 23.7 Å². The number of carbonyl (C=O) groups is 1. The van der Waals surface area contributed by atoms with Crippen LogP contribution in [0.1, 0.15) is 26.2 Å². The highest BCUT2D eigenvalue weighted by Gasteiger charge is 2.31. The van der Waals surface area contributed by atoms with E-state index < -0.39 is 6.10 Å². The van der Waals surface area contributed by atoms with Crippen LogP contribution in [0.15, 0.2) is 24.3 Å². The SMILES string of the molecule is C[C@H](Oc1ccccc1Cl)C(=O)N[C@@H]1CCC[C@H]1N(C)C. The van der Waals surface area contributed by atoms with Crippen molar-refractivity contribution in [3.63, 3.8) is 0 Å². The van der Waals surface area contributed by atoms with E-state index in [1.165, 1.54) is 0 Å². The summed E-state index contributed by atoms with van der Waals surface area (Å²) in [4.78, 5) is 14.5. The van der Waals surface area contributed by atoms with Gasteiger partial charge in [-0.3, -0.25) is 4.79 Å². The summed E-state index contributed by atoms with van der Waals surface area (Å²) < 4.78 is 5.66. The largest absolute Gasteiger partial charge is 0.479 e. The van der Waals surface area contributed by atoms with E-state index in [-0.39, 0.29) is 11.9 Å². The number of para-hydroxylation sites is 1. The molecular formula is C16H23ClN2O2. The summed E-state index contributed by atoms with van der Waals surface area (Å²) in [5.41, 5.74) is 0. The summed E-state index contributed by atoms with van der Waals surface area (Å²) in [6.45, 7) is 1.75. The smallest absolute Gasteiger partial charge is 0.261 e. The maximum atomic E-state index is 12.3. The molecule has 0 heterocycles. The summed E-state index contributed by atoms with van der Waals surface area (Å²) in [5, 5.41) is 3.62. The molecule has 1 amide bonds. The number of nitrogens with one attached hydrogen (secondary N) is 1. The Balaban J connectivity index is 1.92. The van der Waals surface area contributed by atoms with E-state index >= 15 is 0 Å². The van der Waals surface area contributed by atoms with Crippen molar-refractivity contribution in [2.75, 3.05) is 14.1 Å². The normalized spacial score (nSPS) is 23.1. The molecular weight excluding hydrogens is 288 g/mol. The second-order valence-electron chi connectivity index (χ2n) is 5.77. The molecule has 1 aromatic carbocycles. The quantitative estimate of drug-likeness (QED) is 0.909. The van der Waals surface area contributed by atoms with Crippen LogP contribution in [0.5, 0.6) is 5.75 Å². The Labute approximate surface area is 131 Å². The highest BCUT2D eigenvalue weighted by Crippen LogP contribution is 2.25. The van der Waals surface area contributed by atoms with Crippen LogP contribution in [-0.4, -0.2) is 43.1 Å². The Morgan fingerprint density at radius 1 is 1.38 bits per heavy atom. The van der Waals surface area contributed by atoms with E-state index in [9.17, 15) is 4.79 Å². The van der Waals surface area contributed by atoms with Crippen LogP contribution in [0.2, 0.25) is 5.02 Å². The number of hydrogen-bond donors (Lipinski definition) is 1. The second-order valence-corrected chi connectivity index (χ2v) is 6.17. The molecule has 4 nitrogen and oxygen atoms in total. The van der Waals surface area contributed by atoms with Crippen LogP contribution >= 0.6 is 11.6 Å². The van der Waals surface area contributed by atoms with E-state index in [4.69, 9.17) is 16.3 Å². The fourth-order valence-corrected chi connectivity index (χ4v) is 2.99. The number of ether oxygens (including phenoxy) is 1. The highest BCUT2D eigenvalue weighted by molar-refractivity contribution is 6.32. The Morgan fingerprint density at radius 3 is 2.76 bits per heavy atom. The van der Waals surface area contributed by atoms with Gasteiger partial charge in [-0.15, -0.1) is 0 Å². The number of carbonyl (C=O) groups excluding carboxylic acids is 1. The first kappa shape index (κ1) is 16.1. The number of amides is 1. The predicted octanol–water partition coefficient (Wildman–Crippen LogP) is 2.71. The average molecular weight is 311 g/mol. The summed E-state index contributed by atoms with van der Waals surface area (Å²) in [6, 6.07) is 7.79. The molecule has 1 aliphatic carbocycles. The van der Waals surface area contributed by atoms with Gasteiger partial charge < -0.3 is 15.0 Å². The van der Waals surface area contributed by atoms with Gasteiger partial charge in [0, 0.05) is 12.1 Å². The van der Waals surface area contributed by atoms with Gasteiger partial charge >= 0.3 is 0 Å². The van der Waals surface area contributed by atoms with Gasteiger partial charge in [0.2, 0.25) is 0 Å². The van der Waals surface area contributed by atoms with Crippen molar-refractivity contribution in [3.8, 4) is 5.75 Å². The lowest BCUT2D eigenvalue weighted by Crippen LogP contribution is -2.49. The van der Waals surface area contributed by atoms with Gasteiger partial charge in [0.25, 0.3) is 5.91 Å². The fraction of sp³-hybridized carbons (Fsp3) is 0.562. The minimum Gasteiger partial charge on any atom is -0.479 e. The van der Waals surface area contributed by atoms with Crippen LogP contribution < -0.4 is 10.1 Å². The maximum Gasteiger partial charge on any atom is 0.261 e. The van der Waals surface area contributed by atoms with Crippen LogP contribution in [0.25, 0.3) is 0 Å². The molecule has 2 rings (SSSR count). The van der Waals surface area contributed by atoms with Gasteiger partial charge in [0.1, 0.15) is 5.75 Å². The summed E-state index contributed by atoms with van der Waals surface area (Å²) in [5.74, 6) is 0.450. The molecule has 1 N–H and O–H groups in total. The highest BCUT2D eigenvalue weighted by atomic mass is 35.5. The second kappa shape index (κ2) is 7.14. The van der Waals surface area contributed by atoms with Crippen LogP contribution in [-0.2, 0) is 4.79 Å². The predicted molar refractivity (Wildman–Crippen MR) is 84.8 cm³/mol. The van der Waals surface area contributed by atoms with Crippen molar-refractivity contribution < 1.29 is 9.53 Å². The van der Waals surface area contributed by atoms with Gasteiger partial charge in [-0.05, 0) is 52.4 Å². The minimum absolute atomic E-state index is 0.0892. The van der Waals surface area contributed by atoms with Crippen molar-refractivity contribution in [2.45, 2.75) is 44.4 Å². The Morgan fingerprint density at radius 2 is 2.10 bits per heavy atom. The lowest BCUT2D eigenvalue weighted by atomic mass is 10.1. The molecule has 1 aromatic rings. The molecule has 1 aliphatic rings. The van der Waals surface area contributed by atoms with Gasteiger partial charge in [0.05, 0.1) is 5.02 Å². The number of hydrogen-bond acceptors (Lipinski definition) is 3. The molecule has 0 bridgehead atoms. The monoisotopic (exact) mass is 310 g/mol. The van der Waals surface area contributed by atoms with Crippen LogP contribution in [0.3, 0.4) is 0 Å². The third-order valence-electron chi connectivity index (χ3n) is 3.98.